The molecule has 58 valence electrons. The van der Waals surface area contributed by atoms with Crippen molar-refractivity contribution >= 4 is 33.8 Å². The third kappa shape index (κ3) is 2.16. The molecule has 0 aromatic heterocycles. The molecule has 0 aromatic rings. The lowest BCUT2D eigenvalue weighted by Gasteiger charge is -2.12. The highest BCUT2D eigenvalue weighted by Crippen LogP contribution is 2.11. The molecule has 3 nitrogen and oxygen atoms in total. The van der Waals surface area contributed by atoms with Crippen LogP contribution in [0.15, 0.2) is 0 Å². The largest absolute Gasteiger partial charge is 0.283 e. The number of nitrogens with zero attached hydrogens (tertiary/aromatic N) is 1. The molecule has 0 saturated carbocycles. The van der Waals surface area contributed by atoms with Crippen LogP contribution in [-0.2, 0) is 9.59 Å². The number of amides is 2. The van der Waals surface area contributed by atoms with E-state index in [1.165, 1.54) is 12.0 Å². The lowest BCUT2D eigenvalue weighted by atomic mass is 9.27. The predicted octanol–water partition coefficient (Wildman–Crippen LogP) is -1.04. The number of hydrogen-bond acceptors (Lipinski definition) is 2. The molecule has 0 spiro atoms. The Morgan fingerprint density at radius 1 is 1.33 bits per heavy atom. The zero-order valence-electron chi connectivity index (χ0n) is 6.82. The van der Waals surface area contributed by atoms with Gasteiger partial charge >= 0.3 is 0 Å². The number of hydrogen-bond donors (Lipinski definition) is 0. The van der Waals surface area contributed by atoms with Crippen molar-refractivity contribution in [3.05, 3.63) is 0 Å². The number of carbonyl (C=O) groups is 2. The van der Waals surface area contributed by atoms with Gasteiger partial charge in [0.15, 0.2) is 0 Å². The molecule has 1 fully saturated rings. The van der Waals surface area contributed by atoms with Crippen molar-refractivity contribution in [1.82, 2.24) is 4.90 Å². The van der Waals surface area contributed by atoms with Crippen LogP contribution in [0.4, 0.5) is 0 Å². The highest BCUT2D eigenvalue weighted by atomic mass is 16.2. The Hall–Kier alpha value is -0.665. The molecule has 0 unspecified atom stereocenters. The molecule has 1 saturated heterocycles. The second-order valence-corrected chi connectivity index (χ2v) is 2.66. The van der Waals surface area contributed by atoms with Gasteiger partial charge in [-0.1, -0.05) is 6.32 Å². The first kappa shape index (κ1) is 9.42. The number of rotatable bonds is 4. The zero-order chi connectivity index (χ0) is 8.97. The van der Waals surface area contributed by atoms with Crippen LogP contribution < -0.4 is 0 Å². The Morgan fingerprint density at radius 3 is 2.42 bits per heavy atom. The molecular weight excluding hydrogens is 151 g/mol. The van der Waals surface area contributed by atoms with E-state index in [0.717, 1.165) is 0 Å². The summed E-state index contributed by atoms with van der Waals surface area (Å²) in [6, 6.07) is 0. The summed E-state index contributed by atoms with van der Waals surface area (Å²) in [5, 5.41) is 0. The van der Waals surface area contributed by atoms with Gasteiger partial charge in [0.1, 0.15) is 0 Å². The Kier molecular flexibility index (Phi) is 3.44. The number of carbonyl (C=O) groups excluding carboxylic acids is 2. The summed E-state index contributed by atoms with van der Waals surface area (Å²) >= 11 is 0. The Bertz CT molecular complexity index is 181. The minimum Gasteiger partial charge on any atom is -0.283 e. The summed E-state index contributed by atoms with van der Waals surface area (Å²) in [7, 11) is 8.27. The first-order chi connectivity index (χ1) is 5.75. The Labute approximate surface area is 74.7 Å². The highest BCUT2D eigenvalue weighted by Gasteiger charge is 2.27. The monoisotopic (exact) mass is 159 g/mol. The molecule has 1 aliphatic rings. The van der Waals surface area contributed by atoms with Crippen LogP contribution in [0.2, 0.25) is 6.32 Å². The maximum absolute atomic E-state index is 11.0. The second kappa shape index (κ2) is 4.38. The van der Waals surface area contributed by atoms with Crippen LogP contribution >= 0.6 is 0 Å². The Morgan fingerprint density at radius 2 is 1.92 bits per heavy atom. The minimum atomic E-state index is -0.0644. The van der Waals surface area contributed by atoms with Gasteiger partial charge in [0, 0.05) is 34.2 Å². The summed E-state index contributed by atoms with van der Waals surface area (Å²) in [6.07, 6.45) is 1.38. The van der Waals surface area contributed by atoms with E-state index in [4.69, 9.17) is 7.74 Å². The Balaban J connectivity index is 2.30. The van der Waals surface area contributed by atoms with Gasteiger partial charge < -0.3 is 0 Å². The lowest BCUT2D eigenvalue weighted by molar-refractivity contribution is -0.138. The predicted molar refractivity (Wildman–Crippen MR) is 48.0 cm³/mol. The first-order valence-electron chi connectivity index (χ1n) is 3.95. The summed E-state index contributed by atoms with van der Waals surface area (Å²) in [5.41, 5.74) is 0. The van der Waals surface area contributed by atoms with Crippen LogP contribution in [0.25, 0.3) is 0 Å². The fourth-order valence-corrected chi connectivity index (χ4v) is 1.17. The zero-order valence-corrected chi connectivity index (χ0v) is 6.82. The summed E-state index contributed by atoms with van der Waals surface area (Å²) in [4.78, 5) is 23.3. The first-order valence-corrected chi connectivity index (χ1v) is 3.95. The third-order valence-electron chi connectivity index (χ3n) is 1.81. The third-order valence-corrected chi connectivity index (χ3v) is 1.81. The summed E-state index contributed by atoms with van der Waals surface area (Å²) in [5.74, 6) is -0.129. The topological polar surface area (TPSA) is 37.4 Å². The summed E-state index contributed by atoms with van der Waals surface area (Å²) < 4.78 is 0. The van der Waals surface area contributed by atoms with Gasteiger partial charge in [-0.25, -0.2) is 0 Å². The van der Waals surface area contributed by atoms with E-state index in [9.17, 15) is 9.59 Å². The average Bonchev–Trinajstić information content (AvgIpc) is 2.35. The molecule has 4 radical (unpaired) electrons. The van der Waals surface area contributed by atoms with E-state index < -0.39 is 0 Å². The maximum Gasteiger partial charge on any atom is 0.229 e. The maximum atomic E-state index is 11.0. The smallest absolute Gasteiger partial charge is 0.229 e. The molecule has 0 aromatic carbocycles. The van der Waals surface area contributed by atoms with Crippen molar-refractivity contribution in [1.29, 1.82) is 0 Å². The molecule has 0 N–H and O–H groups in total. The number of likely N-dealkylation sites (tertiary alicyclic amines) is 1. The van der Waals surface area contributed by atoms with Crippen molar-refractivity contribution in [3.8, 4) is 0 Å². The molecule has 0 aliphatic carbocycles. The van der Waals surface area contributed by atoms with Gasteiger partial charge in [-0.05, 0) is 0 Å². The molecule has 1 heterocycles. The normalized spacial score (nSPS) is 16.8. The van der Waals surface area contributed by atoms with Gasteiger partial charge in [-0.15, -0.1) is 0 Å². The van der Waals surface area contributed by atoms with E-state index in [-0.39, 0.29) is 11.8 Å². The quantitative estimate of drug-likeness (QED) is 0.298. The van der Waals surface area contributed by atoms with Crippen LogP contribution in [0.3, 0.4) is 0 Å². The van der Waals surface area contributed by atoms with Gasteiger partial charge in [-0.2, -0.15) is 0 Å². The van der Waals surface area contributed by atoms with Crippen LogP contribution in [-0.4, -0.2) is 45.2 Å². The van der Waals surface area contributed by atoms with E-state index in [0.29, 0.717) is 25.7 Å². The van der Waals surface area contributed by atoms with Crippen LogP contribution in [0, 0.1) is 0 Å². The molecule has 12 heavy (non-hydrogen) atoms. The average molecular weight is 159 g/mol. The molecule has 2 amide bonds. The van der Waals surface area contributed by atoms with Gasteiger partial charge in [0.2, 0.25) is 11.8 Å². The SMILES string of the molecule is [B][B][B]CCN1C(=O)CCC1=O. The molecule has 1 rings (SSSR count). The van der Waals surface area contributed by atoms with E-state index in [2.05, 4.69) is 0 Å². The molecule has 0 bridgehead atoms. The molecular formula is C6H8B3NO2. The molecule has 6 heteroatoms. The van der Waals surface area contributed by atoms with Gasteiger partial charge in [0.25, 0.3) is 0 Å². The van der Waals surface area contributed by atoms with Crippen LogP contribution in [0.5, 0.6) is 0 Å². The fraction of sp³-hybridized carbons (Fsp3) is 0.667. The van der Waals surface area contributed by atoms with Crippen molar-refractivity contribution < 1.29 is 9.59 Å². The number of imide groups is 1. The second-order valence-electron chi connectivity index (χ2n) is 2.66. The fourth-order valence-electron chi connectivity index (χ4n) is 1.17. The van der Waals surface area contributed by atoms with Gasteiger partial charge in [0.05, 0.1) is 7.17 Å². The van der Waals surface area contributed by atoms with E-state index in [1.807, 2.05) is 0 Å². The van der Waals surface area contributed by atoms with Crippen molar-refractivity contribution in [2.24, 2.45) is 0 Å². The standard InChI is InChI=1S/C6H8B3NO2/c7-9-8-3-4-10-5(11)1-2-6(10)12/h1-4H2. The van der Waals surface area contributed by atoms with Gasteiger partial charge in [-0.3, -0.25) is 14.5 Å². The van der Waals surface area contributed by atoms with Crippen molar-refractivity contribution in [2.45, 2.75) is 19.2 Å². The molecule has 0 atom stereocenters. The molecule has 1 aliphatic heterocycles. The summed E-state index contributed by atoms with van der Waals surface area (Å²) in [6.45, 7) is 0.464. The van der Waals surface area contributed by atoms with Crippen molar-refractivity contribution in [3.63, 3.8) is 0 Å². The van der Waals surface area contributed by atoms with Crippen LogP contribution in [0.1, 0.15) is 12.8 Å². The highest BCUT2D eigenvalue weighted by molar-refractivity contribution is 7.23. The van der Waals surface area contributed by atoms with Crippen molar-refractivity contribution in [2.75, 3.05) is 6.54 Å². The minimum absolute atomic E-state index is 0.0644. The lowest BCUT2D eigenvalue weighted by Crippen LogP contribution is -2.31. The van der Waals surface area contributed by atoms with E-state index >= 15 is 0 Å². The van der Waals surface area contributed by atoms with E-state index in [1.54, 1.807) is 7.17 Å².